The minimum atomic E-state index is -0.473. The van der Waals surface area contributed by atoms with Crippen LogP contribution in [0, 0.1) is 17.3 Å². The van der Waals surface area contributed by atoms with Crippen LogP contribution in [0.2, 0.25) is 0 Å². The van der Waals surface area contributed by atoms with Gasteiger partial charge in [0.25, 0.3) is 0 Å². The van der Waals surface area contributed by atoms with E-state index in [1.54, 1.807) is 0 Å². The molecule has 0 bridgehead atoms. The number of ether oxygens (including phenoxy) is 1. The van der Waals surface area contributed by atoms with Gasteiger partial charge in [0, 0.05) is 6.08 Å². The molecule has 0 unspecified atom stereocenters. The number of benzene rings is 2. The summed E-state index contributed by atoms with van der Waals surface area (Å²) in [6, 6.07) is 13.7. The van der Waals surface area contributed by atoms with Gasteiger partial charge in [-0.3, -0.25) is 10.1 Å². The summed E-state index contributed by atoms with van der Waals surface area (Å²) in [4.78, 5) is 9.89. The number of hydrogen-bond donors (Lipinski definition) is 0. The number of nitro groups is 1. The fourth-order valence-corrected chi connectivity index (χ4v) is 3.82. The predicted octanol–water partition coefficient (Wildman–Crippen LogP) is 4.72. The van der Waals surface area contributed by atoms with Crippen LogP contribution in [-0.2, 0) is 6.61 Å². The Morgan fingerprint density at radius 2 is 1.76 bits per heavy atom. The smallest absolute Gasteiger partial charge is 0.235 e. The first kappa shape index (κ1) is 16.2. The average Bonchev–Trinajstić information content (AvgIpc) is 2.45. The van der Waals surface area contributed by atoms with Gasteiger partial charge in [-0.25, -0.2) is 0 Å². The summed E-state index contributed by atoms with van der Waals surface area (Å²) in [5.74, 6) is 0.804. The molecule has 0 aliphatic heterocycles. The molecule has 0 spiro atoms. The van der Waals surface area contributed by atoms with E-state index in [2.05, 4.69) is 45.2 Å². The van der Waals surface area contributed by atoms with Crippen molar-refractivity contribution in [2.75, 3.05) is 0 Å². The van der Waals surface area contributed by atoms with E-state index < -0.39 is 4.92 Å². The minimum absolute atomic E-state index is 0.473. The lowest BCUT2D eigenvalue weighted by molar-refractivity contribution is -0.400. The molecule has 0 saturated carbocycles. The molecule has 0 amide bonds. The molecule has 2 rings (SSSR count). The van der Waals surface area contributed by atoms with Gasteiger partial charge in [-0.15, -0.1) is 0 Å². The Bertz CT molecular complexity index is 649. The van der Waals surface area contributed by atoms with E-state index in [0.717, 1.165) is 30.2 Å². The molecule has 0 N–H and O–H groups in total. The SMILES string of the molecule is O=[N+]([O-])/C=C\c1cc(I)c(OCc2ccccc2)c(I)c1. The zero-order valence-corrected chi connectivity index (χ0v) is 15.1. The summed E-state index contributed by atoms with van der Waals surface area (Å²) in [5, 5.41) is 10.4. The van der Waals surface area contributed by atoms with Gasteiger partial charge in [-0.1, -0.05) is 30.3 Å². The van der Waals surface area contributed by atoms with Crippen molar-refractivity contribution in [2.24, 2.45) is 0 Å². The monoisotopic (exact) mass is 507 g/mol. The molecule has 0 radical (unpaired) electrons. The summed E-state index contributed by atoms with van der Waals surface area (Å²) in [5.41, 5.74) is 1.88. The van der Waals surface area contributed by atoms with Crippen LogP contribution in [0.5, 0.6) is 5.75 Å². The van der Waals surface area contributed by atoms with Crippen LogP contribution in [-0.4, -0.2) is 4.92 Å². The van der Waals surface area contributed by atoms with Crippen LogP contribution in [0.3, 0.4) is 0 Å². The van der Waals surface area contributed by atoms with Gasteiger partial charge >= 0.3 is 0 Å². The second-order valence-corrected chi connectivity index (χ2v) is 6.51. The summed E-state index contributed by atoms with van der Waals surface area (Å²) < 4.78 is 7.72. The highest BCUT2D eigenvalue weighted by atomic mass is 127. The number of nitrogens with zero attached hydrogens (tertiary/aromatic N) is 1. The van der Waals surface area contributed by atoms with Crippen LogP contribution in [0.1, 0.15) is 11.1 Å². The van der Waals surface area contributed by atoms with Crippen LogP contribution in [0.15, 0.2) is 48.7 Å². The molecule has 21 heavy (non-hydrogen) atoms. The first-order valence-corrected chi connectivity index (χ1v) is 8.19. The first-order valence-electron chi connectivity index (χ1n) is 6.04. The van der Waals surface area contributed by atoms with Crippen molar-refractivity contribution >= 4 is 51.3 Å². The van der Waals surface area contributed by atoms with Gasteiger partial charge in [-0.2, -0.15) is 0 Å². The van der Waals surface area contributed by atoms with E-state index in [-0.39, 0.29) is 0 Å². The predicted molar refractivity (Wildman–Crippen MR) is 98.7 cm³/mol. The fraction of sp³-hybridized carbons (Fsp3) is 0.0667. The molecule has 0 heterocycles. The van der Waals surface area contributed by atoms with Gasteiger partial charge in [0.15, 0.2) is 0 Å². The van der Waals surface area contributed by atoms with Crippen molar-refractivity contribution < 1.29 is 9.66 Å². The van der Waals surface area contributed by atoms with Crippen LogP contribution >= 0.6 is 45.2 Å². The lowest BCUT2D eigenvalue weighted by atomic mass is 10.2. The molecule has 0 saturated heterocycles. The van der Waals surface area contributed by atoms with Gasteiger partial charge < -0.3 is 4.74 Å². The van der Waals surface area contributed by atoms with E-state index in [1.165, 1.54) is 6.08 Å². The highest BCUT2D eigenvalue weighted by Gasteiger charge is 2.08. The Balaban J connectivity index is 2.15. The van der Waals surface area contributed by atoms with Crippen LogP contribution in [0.4, 0.5) is 0 Å². The number of hydrogen-bond acceptors (Lipinski definition) is 3. The van der Waals surface area contributed by atoms with Crippen LogP contribution in [0.25, 0.3) is 6.08 Å². The molecule has 0 atom stereocenters. The van der Waals surface area contributed by atoms with Crippen molar-refractivity contribution in [3.05, 3.63) is 77.0 Å². The quantitative estimate of drug-likeness (QED) is 0.335. The Labute approximate surface area is 149 Å². The van der Waals surface area contributed by atoms with E-state index in [0.29, 0.717) is 6.61 Å². The van der Waals surface area contributed by atoms with Crippen molar-refractivity contribution in [1.82, 2.24) is 0 Å². The third-order valence-corrected chi connectivity index (χ3v) is 4.24. The zero-order valence-electron chi connectivity index (χ0n) is 10.8. The largest absolute Gasteiger partial charge is 0.487 e. The Hall–Kier alpha value is -1.16. The van der Waals surface area contributed by atoms with E-state index >= 15 is 0 Å². The van der Waals surface area contributed by atoms with E-state index in [1.807, 2.05) is 42.5 Å². The molecule has 2 aromatic carbocycles. The third-order valence-electron chi connectivity index (χ3n) is 2.64. The summed E-state index contributed by atoms with van der Waals surface area (Å²) in [6.07, 6.45) is 2.41. The Kier molecular flexibility index (Phi) is 5.97. The molecule has 0 fully saturated rings. The molecule has 0 aliphatic carbocycles. The lowest BCUT2D eigenvalue weighted by Crippen LogP contribution is -1.99. The molecular formula is C15H11I2NO3. The highest BCUT2D eigenvalue weighted by Crippen LogP contribution is 2.30. The van der Waals surface area contributed by atoms with E-state index in [9.17, 15) is 10.1 Å². The minimum Gasteiger partial charge on any atom is -0.487 e. The standard InChI is InChI=1S/C15H11I2NO3/c16-13-8-12(6-7-18(19)20)9-14(17)15(13)21-10-11-4-2-1-3-5-11/h1-9H,10H2/b7-6-. The third kappa shape index (κ3) is 4.95. The zero-order chi connectivity index (χ0) is 15.2. The highest BCUT2D eigenvalue weighted by molar-refractivity contribution is 14.1. The second kappa shape index (κ2) is 7.74. The molecule has 2 aromatic rings. The average molecular weight is 507 g/mol. The summed E-state index contributed by atoms with van der Waals surface area (Å²) in [6.45, 7) is 0.497. The van der Waals surface area contributed by atoms with Gasteiger partial charge in [-0.05, 0) is 68.4 Å². The number of halogens is 2. The molecule has 0 aliphatic rings. The van der Waals surface area contributed by atoms with E-state index in [4.69, 9.17) is 4.74 Å². The van der Waals surface area contributed by atoms with Crippen molar-refractivity contribution in [3.63, 3.8) is 0 Å². The first-order chi connectivity index (χ1) is 10.1. The van der Waals surface area contributed by atoms with Crippen molar-refractivity contribution in [1.29, 1.82) is 0 Å². The maximum Gasteiger partial charge on any atom is 0.235 e. The number of rotatable bonds is 5. The molecule has 6 heteroatoms. The molecule has 0 aromatic heterocycles. The normalized spacial score (nSPS) is 10.8. The van der Waals surface area contributed by atoms with Crippen molar-refractivity contribution in [2.45, 2.75) is 6.61 Å². The van der Waals surface area contributed by atoms with Gasteiger partial charge in [0.1, 0.15) is 12.4 Å². The Morgan fingerprint density at radius 1 is 1.14 bits per heavy atom. The topological polar surface area (TPSA) is 52.4 Å². The van der Waals surface area contributed by atoms with Crippen LogP contribution < -0.4 is 4.74 Å². The van der Waals surface area contributed by atoms with Gasteiger partial charge in [0.05, 0.1) is 12.1 Å². The Morgan fingerprint density at radius 3 is 2.33 bits per heavy atom. The maximum atomic E-state index is 10.4. The van der Waals surface area contributed by atoms with Crippen molar-refractivity contribution in [3.8, 4) is 5.75 Å². The lowest BCUT2D eigenvalue weighted by Gasteiger charge is -2.11. The fourth-order valence-electron chi connectivity index (χ4n) is 1.69. The molecule has 108 valence electrons. The molecular weight excluding hydrogens is 496 g/mol. The second-order valence-electron chi connectivity index (χ2n) is 4.19. The van der Waals surface area contributed by atoms with Gasteiger partial charge in [0.2, 0.25) is 6.20 Å². The molecule has 4 nitrogen and oxygen atoms in total. The summed E-state index contributed by atoms with van der Waals surface area (Å²) >= 11 is 4.36. The maximum absolute atomic E-state index is 10.4. The summed E-state index contributed by atoms with van der Waals surface area (Å²) in [7, 11) is 0.